The highest BCUT2D eigenvalue weighted by molar-refractivity contribution is 5.85. The van der Waals surface area contributed by atoms with Crippen molar-refractivity contribution in [2.75, 3.05) is 0 Å². The van der Waals surface area contributed by atoms with Crippen LogP contribution in [0, 0.1) is 0 Å². The van der Waals surface area contributed by atoms with Crippen LogP contribution in [0.25, 0.3) is 0 Å². The van der Waals surface area contributed by atoms with Crippen molar-refractivity contribution >= 4 is 12.4 Å². The summed E-state index contributed by atoms with van der Waals surface area (Å²) in [5.41, 5.74) is 0. The second kappa shape index (κ2) is 517. The Kier molecular flexibility index (Phi) is 3950. The molecule has 3 nitrogen and oxygen atoms in total. The van der Waals surface area contributed by atoms with Crippen LogP contribution in [0.5, 0.6) is 0 Å². The van der Waals surface area contributed by atoms with E-state index in [4.69, 9.17) is 10.5 Å². The average Bonchev–Trinajstić information content (AvgIpc) is 1.00. The monoisotopic (exact) mass is 88.0 g/mol. The molecule has 0 fully saturated rings. The molecular formula is H5ClO3. The first kappa shape index (κ1) is 30.6. The molecule has 0 unspecified atom stereocenters. The standard InChI is InChI=1S/ClH.H2O2.H2O/c;1-2;/h1H;1-2H;1H2. The van der Waals surface area contributed by atoms with Gasteiger partial charge in [-0.1, -0.05) is 0 Å². The van der Waals surface area contributed by atoms with Gasteiger partial charge < -0.3 is 5.48 Å². The van der Waals surface area contributed by atoms with Gasteiger partial charge in [0.2, 0.25) is 0 Å². The third-order valence-electron chi connectivity index (χ3n) is 0. The van der Waals surface area contributed by atoms with E-state index in [2.05, 4.69) is 0 Å². The van der Waals surface area contributed by atoms with Crippen molar-refractivity contribution in [3.63, 3.8) is 0 Å². The fourth-order valence-corrected chi connectivity index (χ4v) is 0. The smallest absolute Gasteiger partial charge is 0.147 e. The fraction of sp³-hybridized carbons (Fsp3) is 0. The van der Waals surface area contributed by atoms with E-state index < -0.39 is 0 Å². The lowest BCUT2D eigenvalue weighted by Gasteiger charge is -1.25. The Bertz CT molecular complexity index is 3.25. The van der Waals surface area contributed by atoms with Crippen LogP contribution in [0.15, 0.2) is 0 Å². The Labute approximate surface area is 29.5 Å². The van der Waals surface area contributed by atoms with Crippen LogP contribution in [0.1, 0.15) is 0 Å². The molecule has 4 heteroatoms. The Balaban J connectivity index is -0.00000000500. The van der Waals surface area contributed by atoms with Gasteiger partial charge in [0.05, 0.1) is 0 Å². The predicted molar refractivity (Wildman–Crippen MR) is 16.1 cm³/mol. The van der Waals surface area contributed by atoms with Crippen molar-refractivity contribution in [3.05, 3.63) is 0 Å². The van der Waals surface area contributed by atoms with Crippen molar-refractivity contribution in [1.29, 1.82) is 0 Å². The average molecular weight is 88.5 g/mol. The lowest BCUT2D eigenvalue weighted by Crippen LogP contribution is -1.29. The third kappa shape index (κ3) is 103. The van der Waals surface area contributed by atoms with Gasteiger partial charge in [-0.2, -0.15) is 0 Å². The zero-order valence-corrected chi connectivity index (χ0v) is 2.62. The molecule has 0 atom stereocenters. The van der Waals surface area contributed by atoms with Crippen LogP contribution in [0.2, 0.25) is 0 Å². The van der Waals surface area contributed by atoms with E-state index in [9.17, 15) is 0 Å². The highest BCUT2D eigenvalue weighted by Crippen LogP contribution is 0.711. The van der Waals surface area contributed by atoms with Crippen LogP contribution < -0.4 is 0 Å². The topological polar surface area (TPSA) is 72.0 Å². The minimum absolute atomic E-state index is 0. The van der Waals surface area contributed by atoms with Gasteiger partial charge in [0.15, 0.2) is 0 Å². The molecule has 0 spiro atoms. The molecule has 0 bridgehead atoms. The van der Waals surface area contributed by atoms with Gasteiger partial charge in [-0.25, -0.2) is 0 Å². The minimum atomic E-state index is 0. The first-order valence-electron chi connectivity index (χ1n) is 0.200. The fourth-order valence-electron chi connectivity index (χ4n) is 0. The highest BCUT2D eigenvalue weighted by Gasteiger charge is 0.745. The van der Waals surface area contributed by atoms with Crippen LogP contribution in [-0.2, 0) is 0 Å². The van der Waals surface area contributed by atoms with Crippen LogP contribution in [0.4, 0.5) is 0 Å². The number of hydrogen-bond donors (Lipinski definition) is 2. The quantitative estimate of drug-likeness (QED) is 0.313. The van der Waals surface area contributed by atoms with E-state index in [1.165, 1.54) is 0 Å². The first-order valence-corrected chi connectivity index (χ1v) is 0.200. The molecule has 30 valence electrons. The van der Waals surface area contributed by atoms with Gasteiger partial charge in [0, 0.05) is 0 Å². The maximum Gasteiger partial charge on any atom is -0.147 e. The van der Waals surface area contributed by atoms with Crippen molar-refractivity contribution in [2.24, 2.45) is 0 Å². The van der Waals surface area contributed by atoms with Gasteiger partial charge in [-0.3, -0.25) is 10.5 Å². The van der Waals surface area contributed by atoms with Gasteiger partial charge in [-0.05, 0) is 0 Å². The summed E-state index contributed by atoms with van der Waals surface area (Å²) < 4.78 is 0. The molecule has 0 aromatic carbocycles. The summed E-state index contributed by atoms with van der Waals surface area (Å²) >= 11 is 0. The van der Waals surface area contributed by atoms with Gasteiger partial charge in [0.1, 0.15) is 0 Å². The summed E-state index contributed by atoms with van der Waals surface area (Å²) in [5.74, 6) is 0. The molecule has 4 heavy (non-hydrogen) atoms. The second-order valence-electron chi connectivity index (χ2n) is 0. The van der Waals surface area contributed by atoms with Gasteiger partial charge in [0.25, 0.3) is 0 Å². The third-order valence-corrected chi connectivity index (χ3v) is 0. The number of hydrogen-bond acceptors (Lipinski definition) is 2. The normalized spacial score (nSPS) is 1.50. The molecule has 0 heterocycles. The second-order valence-corrected chi connectivity index (χ2v) is 0. The summed E-state index contributed by atoms with van der Waals surface area (Å²) in [7, 11) is 0. The molecule has 0 aliphatic rings. The molecule has 0 amide bonds. The van der Waals surface area contributed by atoms with E-state index in [1.54, 1.807) is 0 Å². The molecular weight excluding hydrogens is 83.5 g/mol. The van der Waals surface area contributed by atoms with Crippen LogP contribution >= 0.6 is 12.4 Å². The summed E-state index contributed by atoms with van der Waals surface area (Å²) in [4.78, 5) is 0. The Hall–Kier alpha value is 0.170. The molecule has 0 rings (SSSR count). The Morgan fingerprint density at radius 3 is 1.00 bits per heavy atom. The van der Waals surface area contributed by atoms with Crippen molar-refractivity contribution in [2.45, 2.75) is 0 Å². The van der Waals surface area contributed by atoms with Gasteiger partial charge >= 0.3 is 0 Å². The largest absolute Gasteiger partial charge is 0.412 e. The van der Waals surface area contributed by atoms with Crippen LogP contribution in [0.3, 0.4) is 0 Å². The van der Waals surface area contributed by atoms with Crippen molar-refractivity contribution in [3.8, 4) is 0 Å². The molecule has 0 saturated heterocycles. The van der Waals surface area contributed by atoms with Gasteiger partial charge in [-0.15, -0.1) is 12.4 Å². The Morgan fingerprint density at radius 1 is 1.00 bits per heavy atom. The number of halogens is 1. The maximum atomic E-state index is 6.00. The molecule has 0 aromatic heterocycles. The summed E-state index contributed by atoms with van der Waals surface area (Å²) in [5, 5.41) is 12.0. The Morgan fingerprint density at radius 2 is 1.00 bits per heavy atom. The van der Waals surface area contributed by atoms with E-state index in [1.807, 2.05) is 0 Å². The highest BCUT2D eigenvalue weighted by atomic mass is 35.5. The molecule has 0 saturated carbocycles. The lowest BCUT2D eigenvalue weighted by molar-refractivity contribution is -0.176. The molecule has 4 N–H and O–H groups in total. The molecule has 0 aliphatic carbocycles. The summed E-state index contributed by atoms with van der Waals surface area (Å²) in [6, 6.07) is 0. The molecule has 0 radical (unpaired) electrons. The zero-order valence-electron chi connectivity index (χ0n) is 1.80. The van der Waals surface area contributed by atoms with E-state index in [-0.39, 0.29) is 17.9 Å². The lowest BCUT2D eigenvalue weighted by atomic mass is 15.0. The number of rotatable bonds is 0. The first-order chi connectivity index (χ1) is 1.00. The van der Waals surface area contributed by atoms with Crippen molar-refractivity contribution in [1.82, 2.24) is 0 Å². The van der Waals surface area contributed by atoms with E-state index >= 15 is 0 Å². The van der Waals surface area contributed by atoms with Crippen molar-refractivity contribution < 1.29 is 16.0 Å². The summed E-state index contributed by atoms with van der Waals surface area (Å²) in [6.07, 6.45) is 0. The SMILES string of the molecule is Cl.O.OO. The predicted octanol–water partition coefficient (Wildman–Crippen LogP) is -0.386. The zero-order chi connectivity index (χ0) is 2.00. The maximum absolute atomic E-state index is 6.00. The minimum Gasteiger partial charge on any atom is -0.412 e. The van der Waals surface area contributed by atoms with E-state index in [0.29, 0.717) is 0 Å². The van der Waals surface area contributed by atoms with Crippen LogP contribution in [-0.4, -0.2) is 16.0 Å². The summed E-state index contributed by atoms with van der Waals surface area (Å²) in [6.45, 7) is 0. The van der Waals surface area contributed by atoms with E-state index in [0.717, 1.165) is 0 Å². The molecule has 0 aliphatic heterocycles. The molecule has 0 aromatic rings.